The monoisotopic (exact) mass is 556 g/mol. The number of carbonyl (C=O) groups is 1. The van der Waals surface area contributed by atoms with Crippen molar-refractivity contribution >= 4 is 35.8 Å². The lowest BCUT2D eigenvalue weighted by atomic mass is 10.1. The lowest BCUT2D eigenvalue weighted by Gasteiger charge is -2.16. The van der Waals surface area contributed by atoms with Crippen molar-refractivity contribution in [2.75, 3.05) is 48.5 Å². The number of carbonyl (C=O) groups excluding carboxylic acids is 1. The molecule has 32 heavy (non-hydrogen) atoms. The average Bonchev–Trinajstić information content (AvgIpc) is 2.79. The van der Waals surface area contributed by atoms with Crippen molar-refractivity contribution in [1.29, 1.82) is 0 Å². The zero-order valence-electron chi connectivity index (χ0n) is 19.3. The van der Waals surface area contributed by atoms with E-state index in [4.69, 9.17) is 14.2 Å². The standard InChI is InChI=1S/C23H32N4O4.HI/c1-27(2)21(28)16-26-23(24-12-11-17-9-7-6-8-10-17)25-15-18-13-19(29-3)22(31-5)20(14-18)30-4;/h6-10,13-14H,11-12,15-16H2,1-5H3,(H2,24,25,26);1H. The SMILES string of the molecule is COc1cc(CN=C(NCCc2ccccc2)NCC(=O)N(C)C)cc(OC)c1OC.I. The second kappa shape index (κ2) is 14.4. The van der Waals surface area contributed by atoms with Gasteiger partial charge in [0, 0.05) is 20.6 Å². The minimum absolute atomic E-state index is 0. The summed E-state index contributed by atoms with van der Waals surface area (Å²) in [7, 11) is 8.17. The highest BCUT2D eigenvalue weighted by molar-refractivity contribution is 14.0. The Balaban J connectivity index is 0.00000512. The molecule has 8 nitrogen and oxygen atoms in total. The van der Waals surface area contributed by atoms with E-state index in [9.17, 15) is 4.79 Å². The molecular weight excluding hydrogens is 523 g/mol. The first-order valence-electron chi connectivity index (χ1n) is 10.0. The normalized spacial score (nSPS) is 10.6. The minimum Gasteiger partial charge on any atom is -0.493 e. The summed E-state index contributed by atoms with van der Waals surface area (Å²) in [5, 5.41) is 6.39. The van der Waals surface area contributed by atoms with Crippen LogP contribution >= 0.6 is 24.0 Å². The zero-order chi connectivity index (χ0) is 22.6. The van der Waals surface area contributed by atoms with Crippen molar-refractivity contribution in [3.05, 3.63) is 53.6 Å². The van der Waals surface area contributed by atoms with Gasteiger partial charge in [0.25, 0.3) is 0 Å². The van der Waals surface area contributed by atoms with Gasteiger partial charge in [-0.15, -0.1) is 24.0 Å². The molecule has 0 atom stereocenters. The van der Waals surface area contributed by atoms with Crippen LogP contribution in [0.25, 0.3) is 0 Å². The number of benzene rings is 2. The Bertz CT molecular complexity index is 851. The number of likely N-dealkylation sites (N-methyl/N-ethyl adjacent to an activating group) is 1. The van der Waals surface area contributed by atoms with E-state index < -0.39 is 0 Å². The van der Waals surface area contributed by atoms with Gasteiger partial charge in [0.2, 0.25) is 11.7 Å². The lowest BCUT2D eigenvalue weighted by molar-refractivity contribution is -0.127. The topological polar surface area (TPSA) is 84.4 Å². The summed E-state index contributed by atoms with van der Waals surface area (Å²) < 4.78 is 16.2. The van der Waals surface area contributed by atoms with E-state index >= 15 is 0 Å². The van der Waals surface area contributed by atoms with E-state index in [-0.39, 0.29) is 36.4 Å². The molecule has 0 unspecified atom stereocenters. The molecule has 2 aromatic rings. The number of nitrogens with zero attached hydrogens (tertiary/aromatic N) is 2. The molecule has 0 aliphatic carbocycles. The van der Waals surface area contributed by atoms with Gasteiger partial charge in [0.1, 0.15) is 0 Å². The Morgan fingerprint density at radius 1 is 0.938 bits per heavy atom. The van der Waals surface area contributed by atoms with Crippen molar-refractivity contribution in [2.45, 2.75) is 13.0 Å². The van der Waals surface area contributed by atoms with Crippen molar-refractivity contribution < 1.29 is 19.0 Å². The largest absolute Gasteiger partial charge is 0.493 e. The number of hydrogen-bond acceptors (Lipinski definition) is 5. The Morgan fingerprint density at radius 3 is 2.09 bits per heavy atom. The first-order valence-corrected chi connectivity index (χ1v) is 10.0. The molecule has 0 fully saturated rings. The smallest absolute Gasteiger partial charge is 0.241 e. The van der Waals surface area contributed by atoms with Gasteiger partial charge in [0.15, 0.2) is 17.5 Å². The highest BCUT2D eigenvalue weighted by Crippen LogP contribution is 2.38. The second-order valence-electron chi connectivity index (χ2n) is 7.00. The molecular formula is C23H33IN4O4. The minimum atomic E-state index is -0.0367. The third kappa shape index (κ3) is 8.45. The van der Waals surface area contributed by atoms with Gasteiger partial charge in [-0.1, -0.05) is 30.3 Å². The molecule has 0 aliphatic rings. The molecule has 2 aromatic carbocycles. The molecule has 2 rings (SSSR count). The fourth-order valence-electron chi connectivity index (χ4n) is 2.86. The molecule has 0 radical (unpaired) electrons. The summed E-state index contributed by atoms with van der Waals surface area (Å²) in [6.45, 7) is 1.20. The van der Waals surface area contributed by atoms with Crippen LogP contribution in [0.4, 0.5) is 0 Å². The maximum absolute atomic E-state index is 12.0. The number of amides is 1. The van der Waals surface area contributed by atoms with E-state index in [1.807, 2.05) is 30.3 Å². The van der Waals surface area contributed by atoms with Gasteiger partial charge < -0.3 is 29.7 Å². The van der Waals surface area contributed by atoms with Gasteiger partial charge in [-0.25, -0.2) is 4.99 Å². The van der Waals surface area contributed by atoms with Crippen LogP contribution in [0, 0.1) is 0 Å². The molecule has 9 heteroatoms. The van der Waals surface area contributed by atoms with Crippen LogP contribution < -0.4 is 24.8 Å². The molecule has 0 saturated heterocycles. The number of methoxy groups -OCH3 is 3. The van der Waals surface area contributed by atoms with E-state index in [2.05, 4.69) is 27.8 Å². The fraction of sp³-hybridized carbons (Fsp3) is 0.391. The Labute approximate surface area is 207 Å². The average molecular weight is 556 g/mol. The van der Waals surface area contributed by atoms with Gasteiger partial charge >= 0.3 is 0 Å². The molecule has 0 saturated carbocycles. The predicted molar refractivity (Wildman–Crippen MR) is 137 cm³/mol. The molecule has 0 aromatic heterocycles. The van der Waals surface area contributed by atoms with Crippen LogP contribution in [0.15, 0.2) is 47.5 Å². The number of guanidine groups is 1. The Kier molecular flexibility index (Phi) is 12.3. The number of aliphatic imine (C=N–C) groups is 1. The van der Waals surface area contributed by atoms with Crippen LogP contribution in [0.5, 0.6) is 17.2 Å². The molecule has 176 valence electrons. The highest BCUT2D eigenvalue weighted by Gasteiger charge is 2.13. The summed E-state index contributed by atoms with van der Waals surface area (Å²) in [5.74, 6) is 2.20. The summed E-state index contributed by atoms with van der Waals surface area (Å²) in [6.07, 6.45) is 0.841. The van der Waals surface area contributed by atoms with Crippen LogP contribution in [-0.2, 0) is 17.8 Å². The fourth-order valence-corrected chi connectivity index (χ4v) is 2.86. The molecule has 2 N–H and O–H groups in total. The molecule has 0 heterocycles. The summed E-state index contributed by atoms with van der Waals surface area (Å²) in [5.41, 5.74) is 2.11. The van der Waals surface area contributed by atoms with Crippen molar-refractivity contribution in [1.82, 2.24) is 15.5 Å². The van der Waals surface area contributed by atoms with Crippen molar-refractivity contribution in [2.24, 2.45) is 4.99 Å². The first-order chi connectivity index (χ1) is 15.0. The maximum atomic E-state index is 12.0. The van der Waals surface area contributed by atoms with Crippen LogP contribution in [-0.4, -0.2) is 65.3 Å². The number of ether oxygens (including phenoxy) is 3. The third-order valence-electron chi connectivity index (χ3n) is 4.60. The van der Waals surface area contributed by atoms with E-state index in [0.29, 0.717) is 36.3 Å². The predicted octanol–water partition coefficient (Wildman–Crippen LogP) is 2.70. The van der Waals surface area contributed by atoms with E-state index in [1.165, 1.54) is 10.5 Å². The highest BCUT2D eigenvalue weighted by atomic mass is 127. The molecule has 0 aliphatic heterocycles. The second-order valence-corrected chi connectivity index (χ2v) is 7.00. The molecule has 0 bridgehead atoms. The number of halogens is 1. The number of rotatable bonds is 10. The third-order valence-corrected chi connectivity index (χ3v) is 4.60. The molecule has 0 spiro atoms. The summed E-state index contributed by atoms with van der Waals surface area (Å²) in [6, 6.07) is 13.9. The van der Waals surface area contributed by atoms with Crippen molar-refractivity contribution in [3.8, 4) is 17.2 Å². The van der Waals surface area contributed by atoms with E-state index in [0.717, 1.165) is 12.0 Å². The summed E-state index contributed by atoms with van der Waals surface area (Å²) in [4.78, 5) is 18.2. The summed E-state index contributed by atoms with van der Waals surface area (Å²) >= 11 is 0. The Morgan fingerprint density at radius 2 is 1.56 bits per heavy atom. The first kappa shape index (κ1) is 27.3. The lowest BCUT2D eigenvalue weighted by Crippen LogP contribution is -2.43. The van der Waals surface area contributed by atoms with Gasteiger partial charge in [0.05, 0.1) is 34.4 Å². The van der Waals surface area contributed by atoms with E-state index in [1.54, 1.807) is 35.4 Å². The van der Waals surface area contributed by atoms with Crippen molar-refractivity contribution in [3.63, 3.8) is 0 Å². The van der Waals surface area contributed by atoms with Crippen LogP contribution in [0.3, 0.4) is 0 Å². The van der Waals surface area contributed by atoms with Gasteiger partial charge in [-0.2, -0.15) is 0 Å². The quantitative estimate of drug-likeness (QED) is 0.266. The zero-order valence-corrected chi connectivity index (χ0v) is 21.6. The molecule has 1 amide bonds. The number of hydrogen-bond donors (Lipinski definition) is 2. The Hall–Kier alpha value is -2.69. The van der Waals surface area contributed by atoms with Gasteiger partial charge in [-0.3, -0.25) is 4.79 Å². The van der Waals surface area contributed by atoms with Crippen LogP contribution in [0.1, 0.15) is 11.1 Å². The van der Waals surface area contributed by atoms with Gasteiger partial charge in [-0.05, 0) is 29.7 Å². The van der Waals surface area contributed by atoms with Crippen LogP contribution in [0.2, 0.25) is 0 Å². The maximum Gasteiger partial charge on any atom is 0.241 e. The number of nitrogens with one attached hydrogen (secondary N) is 2.